The molecule has 2 aromatic rings. The van der Waals surface area contributed by atoms with Gasteiger partial charge in [-0.2, -0.15) is 0 Å². The van der Waals surface area contributed by atoms with Gasteiger partial charge >= 0.3 is 0 Å². The van der Waals surface area contributed by atoms with Gasteiger partial charge in [0.05, 0.1) is 7.11 Å². The fourth-order valence-electron chi connectivity index (χ4n) is 1.81. The third-order valence-electron chi connectivity index (χ3n) is 3.05. The van der Waals surface area contributed by atoms with Crippen LogP contribution in [-0.2, 0) is 0 Å². The molecular weight excluding hydrogens is 252 g/mol. The maximum Gasteiger partial charge on any atom is 0.265 e. The minimum Gasteiger partial charge on any atom is -0.497 e. The molecule has 0 saturated carbocycles. The highest BCUT2D eigenvalue weighted by atomic mass is 16.5. The zero-order chi connectivity index (χ0) is 14.4. The number of carbonyl (C=O) groups excluding carboxylic acids is 1. The van der Waals surface area contributed by atoms with E-state index in [1.807, 2.05) is 49.4 Å². The fraction of sp³-hybridized carbons (Fsp3) is 0.188. The standard InChI is InChI=1S/C16H18N2O2/c1-12(13-8-10-15(20-2)11-9-13)17-18-16(19)14-6-4-3-5-7-14/h3-12,17H,1-2H3,(H,18,19)/t12-/m1/s1. The first-order chi connectivity index (χ1) is 9.70. The molecule has 0 aliphatic heterocycles. The van der Waals surface area contributed by atoms with Gasteiger partial charge in [0.2, 0.25) is 0 Å². The molecule has 0 aliphatic rings. The van der Waals surface area contributed by atoms with Crippen molar-refractivity contribution in [1.82, 2.24) is 10.9 Å². The summed E-state index contributed by atoms with van der Waals surface area (Å²) in [7, 11) is 1.64. The van der Waals surface area contributed by atoms with Crippen LogP contribution in [0.4, 0.5) is 0 Å². The van der Waals surface area contributed by atoms with Crippen LogP contribution in [0.5, 0.6) is 5.75 Å². The van der Waals surface area contributed by atoms with Crippen molar-refractivity contribution in [2.75, 3.05) is 7.11 Å². The van der Waals surface area contributed by atoms with Gasteiger partial charge in [-0.25, -0.2) is 5.43 Å². The van der Waals surface area contributed by atoms with Crippen LogP contribution in [0, 0.1) is 0 Å². The third kappa shape index (κ3) is 3.59. The Labute approximate surface area is 118 Å². The molecule has 0 fully saturated rings. The molecule has 0 aliphatic carbocycles. The van der Waals surface area contributed by atoms with Gasteiger partial charge in [0, 0.05) is 11.6 Å². The second-order valence-corrected chi connectivity index (χ2v) is 4.46. The molecular formula is C16H18N2O2. The monoisotopic (exact) mass is 270 g/mol. The van der Waals surface area contributed by atoms with E-state index in [1.165, 1.54) is 0 Å². The van der Waals surface area contributed by atoms with Gasteiger partial charge < -0.3 is 4.74 Å². The van der Waals surface area contributed by atoms with Gasteiger partial charge in [0.15, 0.2) is 0 Å². The molecule has 0 radical (unpaired) electrons. The Kier molecular flexibility index (Phi) is 4.74. The third-order valence-corrected chi connectivity index (χ3v) is 3.05. The Morgan fingerprint density at radius 1 is 1.05 bits per heavy atom. The number of methoxy groups -OCH3 is 1. The van der Waals surface area contributed by atoms with Crippen molar-refractivity contribution in [3.63, 3.8) is 0 Å². The van der Waals surface area contributed by atoms with Crippen molar-refractivity contribution < 1.29 is 9.53 Å². The predicted octanol–water partition coefficient (Wildman–Crippen LogP) is 2.69. The van der Waals surface area contributed by atoms with Crippen LogP contribution in [0.1, 0.15) is 28.9 Å². The average molecular weight is 270 g/mol. The normalized spacial score (nSPS) is 11.7. The second kappa shape index (κ2) is 6.73. The number of ether oxygens (including phenoxy) is 1. The van der Waals surface area contributed by atoms with E-state index in [0.29, 0.717) is 5.56 Å². The molecule has 0 aromatic heterocycles. The Hall–Kier alpha value is -2.33. The maximum absolute atomic E-state index is 11.9. The molecule has 104 valence electrons. The first-order valence-electron chi connectivity index (χ1n) is 6.45. The molecule has 2 N–H and O–H groups in total. The molecule has 2 rings (SSSR count). The zero-order valence-corrected chi connectivity index (χ0v) is 11.6. The van der Waals surface area contributed by atoms with Crippen molar-refractivity contribution in [3.8, 4) is 5.75 Å². The number of rotatable bonds is 5. The van der Waals surface area contributed by atoms with Gasteiger partial charge in [-0.05, 0) is 36.8 Å². The minimum atomic E-state index is -0.147. The molecule has 20 heavy (non-hydrogen) atoms. The lowest BCUT2D eigenvalue weighted by Crippen LogP contribution is -2.38. The van der Waals surface area contributed by atoms with E-state index in [4.69, 9.17) is 4.74 Å². The van der Waals surface area contributed by atoms with E-state index in [2.05, 4.69) is 10.9 Å². The first-order valence-corrected chi connectivity index (χ1v) is 6.45. The molecule has 0 heterocycles. The summed E-state index contributed by atoms with van der Waals surface area (Å²) in [6, 6.07) is 16.8. The Morgan fingerprint density at radius 3 is 2.30 bits per heavy atom. The van der Waals surface area contributed by atoms with Crippen LogP contribution in [0.25, 0.3) is 0 Å². The molecule has 1 amide bonds. The molecule has 1 atom stereocenters. The van der Waals surface area contributed by atoms with Crippen LogP contribution in [0.15, 0.2) is 54.6 Å². The van der Waals surface area contributed by atoms with Gasteiger partial charge in [0.25, 0.3) is 5.91 Å². The highest BCUT2D eigenvalue weighted by Gasteiger charge is 2.08. The highest BCUT2D eigenvalue weighted by Crippen LogP contribution is 2.16. The molecule has 0 unspecified atom stereocenters. The molecule has 2 aromatic carbocycles. The molecule has 4 heteroatoms. The van der Waals surface area contributed by atoms with Gasteiger partial charge in [-0.3, -0.25) is 10.2 Å². The van der Waals surface area contributed by atoms with E-state index in [-0.39, 0.29) is 11.9 Å². The maximum atomic E-state index is 11.9. The van der Waals surface area contributed by atoms with Crippen LogP contribution >= 0.6 is 0 Å². The van der Waals surface area contributed by atoms with Gasteiger partial charge in [-0.1, -0.05) is 30.3 Å². The van der Waals surface area contributed by atoms with Crippen molar-refractivity contribution >= 4 is 5.91 Å². The summed E-state index contributed by atoms with van der Waals surface area (Å²) in [5, 5.41) is 0. The van der Waals surface area contributed by atoms with Crippen molar-refractivity contribution in [2.45, 2.75) is 13.0 Å². The lowest BCUT2D eigenvalue weighted by molar-refractivity contribution is 0.0926. The minimum absolute atomic E-state index is 0.00793. The first kappa shape index (κ1) is 14.1. The van der Waals surface area contributed by atoms with Crippen LogP contribution in [-0.4, -0.2) is 13.0 Å². The molecule has 0 saturated heterocycles. The van der Waals surface area contributed by atoms with E-state index >= 15 is 0 Å². The number of hydrogen-bond donors (Lipinski definition) is 2. The Bertz CT molecular complexity index is 552. The lowest BCUT2D eigenvalue weighted by Gasteiger charge is -2.15. The van der Waals surface area contributed by atoms with Crippen molar-refractivity contribution in [1.29, 1.82) is 0 Å². The summed E-state index contributed by atoms with van der Waals surface area (Å²) >= 11 is 0. The van der Waals surface area contributed by atoms with E-state index in [9.17, 15) is 4.79 Å². The quantitative estimate of drug-likeness (QED) is 0.821. The highest BCUT2D eigenvalue weighted by molar-refractivity contribution is 5.93. The topological polar surface area (TPSA) is 50.4 Å². The SMILES string of the molecule is COc1ccc([C@@H](C)NNC(=O)c2ccccc2)cc1. The number of hydrogen-bond acceptors (Lipinski definition) is 3. The lowest BCUT2D eigenvalue weighted by atomic mass is 10.1. The second-order valence-electron chi connectivity index (χ2n) is 4.46. The summed E-state index contributed by atoms with van der Waals surface area (Å²) in [6.45, 7) is 1.98. The number of hydrazine groups is 1. The largest absolute Gasteiger partial charge is 0.497 e. The summed E-state index contributed by atoms with van der Waals surface area (Å²) in [6.07, 6.45) is 0. The zero-order valence-electron chi connectivity index (χ0n) is 11.6. The smallest absolute Gasteiger partial charge is 0.265 e. The number of benzene rings is 2. The number of nitrogens with one attached hydrogen (secondary N) is 2. The molecule has 0 spiro atoms. The predicted molar refractivity (Wildman–Crippen MR) is 78.5 cm³/mol. The van der Waals surface area contributed by atoms with Gasteiger partial charge in [-0.15, -0.1) is 0 Å². The molecule has 0 bridgehead atoms. The number of carbonyl (C=O) groups is 1. The van der Waals surface area contributed by atoms with E-state index < -0.39 is 0 Å². The van der Waals surface area contributed by atoms with E-state index in [0.717, 1.165) is 11.3 Å². The van der Waals surface area contributed by atoms with Crippen LogP contribution < -0.4 is 15.6 Å². The van der Waals surface area contributed by atoms with E-state index in [1.54, 1.807) is 19.2 Å². The number of amides is 1. The fourth-order valence-corrected chi connectivity index (χ4v) is 1.81. The van der Waals surface area contributed by atoms with Crippen LogP contribution in [0.2, 0.25) is 0 Å². The summed E-state index contributed by atoms with van der Waals surface area (Å²) in [4.78, 5) is 11.9. The van der Waals surface area contributed by atoms with Crippen LogP contribution in [0.3, 0.4) is 0 Å². The Balaban J connectivity index is 1.91. The summed E-state index contributed by atoms with van der Waals surface area (Å²) in [5.41, 5.74) is 7.40. The molecule has 4 nitrogen and oxygen atoms in total. The van der Waals surface area contributed by atoms with Crippen molar-refractivity contribution in [2.24, 2.45) is 0 Å². The Morgan fingerprint density at radius 2 is 1.70 bits per heavy atom. The van der Waals surface area contributed by atoms with Gasteiger partial charge in [0.1, 0.15) is 5.75 Å². The van der Waals surface area contributed by atoms with Crippen molar-refractivity contribution in [3.05, 3.63) is 65.7 Å². The summed E-state index contributed by atoms with van der Waals surface area (Å²) in [5.74, 6) is 0.667. The summed E-state index contributed by atoms with van der Waals surface area (Å²) < 4.78 is 5.11. The average Bonchev–Trinajstić information content (AvgIpc) is 2.53.